The van der Waals surface area contributed by atoms with Crippen LogP contribution in [0.1, 0.15) is 24.7 Å². The van der Waals surface area contributed by atoms with Gasteiger partial charge in [0, 0.05) is 13.7 Å². The summed E-state index contributed by atoms with van der Waals surface area (Å²) in [6.07, 6.45) is 1.37. The van der Waals surface area contributed by atoms with Crippen LogP contribution >= 0.6 is 0 Å². The summed E-state index contributed by atoms with van der Waals surface area (Å²) in [4.78, 5) is 0. The van der Waals surface area contributed by atoms with Gasteiger partial charge in [-0.2, -0.15) is 5.10 Å². The van der Waals surface area contributed by atoms with Crippen LogP contribution in [-0.2, 0) is 11.8 Å². The van der Waals surface area contributed by atoms with Crippen molar-refractivity contribution in [1.82, 2.24) is 9.78 Å². The van der Waals surface area contributed by atoms with Crippen molar-refractivity contribution in [2.45, 2.75) is 39.3 Å². The molecule has 4 heteroatoms. The Hall–Kier alpha value is -1.03. The first-order chi connectivity index (χ1) is 7.09. The minimum absolute atomic E-state index is 0.295. The number of nitrogens with one attached hydrogen (secondary N) is 1. The Morgan fingerprint density at radius 1 is 1.47 bits per heavy atom. The minimum atomic E-state index is 0.295. The second-order valence-corrected chi connectivity index (χ2v) is 4.28. The lowest BCUT2D eigenvalue weighted by Crippen LogP contribution is -2.27. The highest BCUT2D eigenvalue weighted by atomic mass is 16.5. The fraction of sp³-hybridized carbons (Fsp3) is 0.727. The molecule has 0 spiro atoms. The summed E-state index contributed by atoms with van der Waals surface area (Å²) in [5, 5.41) is 7.93. The Labute approximate surface area is 90.6 Å². The van der Waals surface area contributed by atoms with E-state index < -0.39 is 0 Å². The lowest BCUT2D eigenvalue weighted by Gasteiger charge is -2.17. The van der Waals surface area contributed by atoms with Crippen molar-refractivity contribution < 1.29 is 4.74 Å². The number of anilines is 1. The molecule has 0 aliphatic carbocycles. The highest BCUT2D eigenvalue weighted by Gasteiger charge is 2.25. The molecule has 1 N–H and O–H groups in total. The van der Waals surface area contributed by atoms with Gasteiger partial charge in [0.05, 0.1) is 29.2 Å². The van der Waals surface area contributed by atoms with Crippen LogP contribution in [0.2, 0.25) is 0 Å². The molecule has 2 atom stereocenters. The standard InChI is InChI=1S/C11H19N3O/c1-7-11(8(2)14(4)13-7)12-10-5-6-15-9(10)3/h9-10,12H,5-6H2,1-4H3. The van der Waals surface area contributed by atoms with Gasteiger partial charge < -0.3 is 10.1 Å². The molecule has 84 valence electrons. The molecule has 1 aromatic heterocycles. The molecule has 15 heavy (non-hydrogen) atoms. The predicted octanol–water partition coefficient (Wildman–Crippen LogP) is 1.63. The van der Waals surface area contributed by atoms with E-state index in [1.54, 1.807) is 0 Å². The summed E-state index contributed by atoms with van der Waals surface area (Å²) in [6.45, 7) is 7.10. The minimum Gasteiger partial charge on any atom is -0.377 e. The lowest BCUT2D eigenvalue weighted by molar-refractivity contribution is 0.121. The monoisotopic (exact) mass is 209 g/mol. The van der Waals surface area contributed by atoms with Crippen LogP contribution in [0.3, 0.4) is 0 Å². The van der Waals surface area contributed by atoms with Gasteiger partial charge in [-0.15, -0.1) is 0 Å². The molecule has 1 aliphatic rings. The topological polar surface area (TPSA) is 39.1 Å². The Balaban J connectivity index is 2.16. The number of aromatic nitrogens is 2. The van der Waals surface area contributed by atoms with Gasteiger partial charge in [-0.1, -0.05) is 0 Å². The molecule has 0 amide bonds. The molecule has 0 aromatic carbocycles. The third-order valence-corrected chi connectivity index (χ3v) is 3.21. The van der Waals surface area contributed by atoms with Crippen LogP contribution in [-0.4, -0.2) is 28.5 Å². The van der Waals surface area contributed by atoms with Gasteiger partial charge in [0.2, 0.25) is 0 Å². The molecule has 0 bridgehead atoms. The maximum Gasteiger partial charge on any atom is 0.0827 e. The number of hydrogen-bond donors (Lipinski definition) is 1. The lowest BCUT2D eigenvalue weighted by atomic mass is 10.1. The normalized spacial score (nSPS) is 25.9. The smallest absolute Gasteiger partial charge is 0.0827 e. The molecular weight excluding hydrogens is 190 g/mol. The summed E-state index contributed by atoms with van der Waals surface area (Å²) >= 11 is 0. The van der Waals surface area contributed by atoms with Crippen LogP contribution in [0, 0.1) is 13.8 Å². The quantitative estimate of drug-likeness (QED) is 0.804. The van der Waals surface area contributed by atoms with Gasteiger partial charge in [-0.05, 0) is 27.2 Å². The van der Waals surface area contributed by atoms with Crippen molar-refractivity contribution in [3.8, 4) is 0 Å². The van der Waals surface area contributed by atoms with Crippen molar-refractivity contribution in [2.75, 3.05) is 11.9 Å². The summed E-state index contributed by atoms with van der Waals surface area (Å²) in [5.74, 6) is 0. The van der Waals surface area contributed by atoms with Crippen molar-refractivity contribution >= 4 is 5.69 Å². The van der Waals surface area contributed by atoms with Gasteiger partial charge in [0.1, 0.15) is 0 Å². The molecule has 2 heterocycles. The molecule has 1 saturated heterocycles. The van der Waals surface area contributed by atoms with Crippen molar-refractivity contribution in [3.63, 3.8) is 0 Å². The number of hydrogen-bond acceptors (Lipinski definition) is 3. The molecule has 0 saturated carbocycles. The van der Waals surface area contributed by atoms with E-state index in [1.165, 1.54) is 11.4 Å². The second kappa shape index (κ2) is 3.85. The van der Waals surface area contributed by atoms with Crippen LogP contribution in [0.25, 0.3) is 0 Å². The average Bonchev–Trinajstić information content (AvgIpc) is 2.67. The summed E-state index contributed by atoms with van der Waals surface area (Å²) < 4.78 is 7.45. The molecule has 2 unspecified atom stereocenters. The number of aryl methyl sites for hydroxylation is 2. The first kappa shape index (κ1) is 10.5. The Morgan fingerprint density at radius 3 is 2.67 bits per heavy atom. The molecule has 2 rings (SSSR count). The fourth-order valence-electron chi connectivity index (χ4n) is 2.09. The van der Waals surface area contributed by atoms with E-state index in [-0.39, 0.29) is 0 Å². The van der Waals surface area contributed by atoms with Crippen LogP contribution < -0.4 is 5.32 Å². The van der Waals surface area contributed by atoms with Crippen LogP contribution in [0.5, 0.6) is 0 Å². The largest absolute Gasteiger partial charge is 0.377 e. The molecule has 4 nitrogen and oxygen atoms in total. The summed E-state index contributed by atoms with van der Waals surface area (Å²) in [5.41, 5.74) is 3.42. The van der Waals surface area contributed by atoms with Gasteiger partial charge in [0.15, 0.2) is 0 Å². The van der Waals surface area contributed by atoms with Gasteiger partial charge >= 0.3 is 0 Å². The average molecular weight is 209 g/mol. The SMILES string of the molecule is Cc1nn(C)c(C)c1NC1CCOC1C. The van der Waals surface area contributed by atoms with Crippen molar-refractivity contribution in [3.05, 3.63) is 11.4 Å². The van der Waals surface area contributed by atoms with Gasteiger partial charge in [0.25, 0.3) is 0 Å². The van der Waals surface area contributed by atoms with E-state index >= 15 is 0 Å². The van der Waals surface area contributed by atoms with Crippen LogP contribution in [0.4, 0.5) is 5.69 Å². The van der Waals surface area contributed by atoms with E-state index in [1.807, 2.05) is 18.7 Å². The highest BCUT2D eigenvalue weighted by Crippen LogP contribution is 2.23. The van der Waals surface area contributed by atoms with E-state index in [9.17, 15) is 0 Å². The third kappa shape index (κ3) is 1.86. The van der Waals surface area contributed by atoms with E-state index in [2.05, 4.69) is 24.3 Å². The van der Waals surface area contributed by atoms with Gasteiger partial charge in [-0.25, -0.2) is 0 Å². The Morgan fingerprint density at radius 2 is 2.20 bits per heavy atom. The van der Waals surface area contributed by atoms with Crippen LogP contribution in [0.15, 0.2) is 0 Å². The Kier molecular flexibility index (Phi) is 2.69. The molecule has 1 fully saturated rings. The maximum absolute atomic E-state index is 5.53. The van der Waals surface area contributed by atoms with Gasteiger partial charge in [-0.3, -0.25) is 4.68 Å². The zero-order valence-corrected chi connectivity index (χ0v) is 9.87. The number of ether oxygens (including phenoxy) is 1. The van der Waals surface area contributed by atoms with Crippen molar-refractivity contribution in [1.29, 1.82) is 0 Å². The maximum atomic E-state index is 5.53. The predicted molar refractivity (Wildman–Crippen MR) is 60.1 cm³/mol. The first-order valence-electron chi connectivity index (χ1n) is 5.48. The number of nitrogens with zero attached hydrogens (tertiary/aromatic N) is 2. The molecule has 1 aliphatic heterocycles. The second-order valence-electron chi connectivity index (χ2n) is 4.28. The third-order valence-electron chi connectivity index (χ3n) is 3.21. The fourth-order valence-corrected chi connectivity index (χ4v) is 2.09. The highest BCUT2D eigenvalue weighted by molar-refractivity contribution is 5.52. The zero-order chi connectivity index (χ0) is 11.0. The zero-order valence-electron chi connectivity index (χ0n) is 9.87. The summed E-state index contributed by atoms with van der Waals surface area (Å²) in [6, 6.07) is 0.423. The van der Waals surface area contributed by atoms with E-state index in [0.717, 1.165) is 18.7 Å². The van der Waals surface area contributed by atoms with Crippen molar-refractivity contribution in [2.24, 2.45) is 7.05 Å². The van der Waals surface area contributed by atoms with E-state index in [4.69, 9.17) is 4.74 Å². The first-order valence-corrected chi connectivity index (χ1v) is 5.48. The molecule has 0 radical (unpaired) electrons. The number of rotatable bonds is 2. The Bertz CT molecular complexity index is 359. The van der Waals surface area contributed by atoms with E-state index in [0.29, 0.717) is 12.1 Å². The summed E-state index contributed by atoms with van der Waals surface area (Å²) in [7, 11) is 1.97. The molecule has 1 aromatic rings. The molecular formula is C11H19N3O.